The fourth-order valence-corrected chi connectivity index (χ4v) is 4.08. The van der Waals surface area contributed by atoms with Crippen LogP contribution in [0.15, 0.2) is 42.5 Å². The van der Waals surface area contributed by atoms with Crippen molar-refractivity contribution in [3.05, 3.63) is 53.6 Å². The number of carbonyl (C=O) groups is 1. The summed E-state index contributed by atoms with van der Waals surface area (Å²) in [6.07, 6.45) is 7.17. The molecule has 1 aliphatic carbocycles. The van der Waals surface area contributed by atoms with Crippen molar-refractivity contribution < 1.29 is 19.0 Å². The lowest BCUT2D eigenvalue weighted by Crippen LogP contribution is -2.26. The molecule has 160 valence electrons. The van der Waals surface area contributed by atoms with Gasteiger partial charge in [-0.15, -0.1) is 0 Å². The van der Waals surface area contributed by atoms with Crippen molar-refractivity contribution in [1.29, 1.82) is 0 Å². The fraction of sp³-hybridized carbons (Fsp3) is 0.480. The Kier molecular flexibility index (Phi) is 6.77. The summed E-state index contributed by atoms with van der Waals surface area (Å²) in [6.45, 7) is 3.32. The van der Waals surface area contributed by atoms with Crippen molar-refractivity contribution in [2.45, 2.75) is 64.0 Å². The Labute approximate surface area is 178 Å². The van der Waals surface area contributed by atoms with E-state index in [2.05, 4.69) is 17.4 Å². The molecular weight excluding hydrogens is 378 g/mol. The molecule has 0 saturated heterocycles. The maximum absolute atomic E-state index is 12.5. The van der Waals surface area contributed by atoms with Crippen LogP contribution in [0.25, 0.3) is 0 Å². The number of nitrogens with one attached hydrogen (secondary N) is 1. The fourth-order valence-electron chi connectivity index (χ4n) is 4.08. The van der Waals surface area contributed by atoms with Crippen LogP contribution in [0.2, 0.25) is 0 Å². The van der Waals surface area contributed by atoms with Gasteiger partial charge < -0.3 is 19.5 Å². The average Bonchev–Trinajstić information content (AvgIpc) is 3.14. The molecule has 1 saturated carbocycles. The van der Waals surface area contributed by atoms with E-state index < -0.39 is 0 Å². The Hall–Kier alpha value is -2.69. The van der Waals surface area contributed by atoms with E-state index in [1.54, 1.807) is 0 Å². The highest BCUT2D eigenvalue weighted by Crippen LogP contribution is 2.32. The van der Waals surface area contributed by atoms with Crippen LogP contribution >= 0.6 is 0 Å². The van der Waals surface area contributed by atoms with Gasteiger partial charge in [-0.05, 0) is 74.4 Å². The molecule has 0 spiro atoms. The van der Waals surface area contributed by atoms with Gasteiger partial charge in [-0.25, -0.2) is 0 Å². The zero-order valence-corrected chi connectivity index (χ0v) is 17.7. The van der Waals surface area contributed by atoms with Gasteiger partial charge in [0, 0.05) is 12.8 Å². The SMILES string of the molecule is CC(NC(=O)CCc1cccc(OC2CCCC2)c1)c1ccc2c(c1)OCCCO2. The molecule has 5 nitrogen and oxygen atoms in total. The largest absolute Gasteiger partial charge is 0.490 e. The van der Waals surface area contributed by atoms with E-state index in [1.165, 1.54) is 12.8 Å². The minimum Gasteiger partial charge on any atom is -0.490 e. The van der Waals surface area contributed by atoms with Gasteiger partial charge in [0.25, 0.3) is 0 Å². The van der Waals surface area contributed by atoms with Gasteiger partial charge in [-0.3, -0.25) is 4.79 Å². The summed E-state index contributed by atoms with van der Waals surface area (Å²) in [5.41, 5.74) is 2.14. The molecule has 30 heavy (non-hydrogen) atoms. The zero-order chi connectivity index (χ0) is 20.8. The quantitative estimate of drug-likeness (QED) is 0.701. The van der Waals surface area contributed by atoms with E-state index >= 15 is 0 Å². The van der Waals surface area contributed by atoms with Crippen LogP contribution in [-0.4, -0.2) is 25.2 Å². The van der Waals surface area contributed by atoms with Crippen LogP contribution < -0.4 is 19.5 Å². The van der Waals surface area contributed by atoms with Crippen LogP contribution in [-0.2, 0) is 11.2 Å². The summed E-state index contributed by atoms with van der Waals surface area (Å²) in [4.78, 5) is 12.5. The molecular formula is C25H31NO4. The molecule has 1 amide bonds. The Morgan fingerprint density at radius 3 is 2.70 bits per heavy atom. The molecule has 2 aliphatic rings. The van der Waals surface area contributed by atoms with E-state index in [0.29, 0.717) is 32.2 Å². The lowest BCUT2D eigenvalue weighted by Gasteiger charge is -2.17. The van der Waals surface area contributed by atoms with Gasteiger partial charge >= 0.3 is 0 Å². The Morgan fingerprint density at radius 1 is 1.07 bits per heavy atom. The number of hydrogen-bond acceptors (Lipinski definition) is 4. The molecule has 1 N–H and O–H groups in total. The maximum atomic E-state index is 12.5. The van der Waals surface area contributed by atoms with Gasteiger partial charge in [0.1, 0.15) is 5.75 Å². The number of fused-ring (bicyclic) bond motifs is 1. The predicted molar refractivity (Wildman–Crippen MR) is 116 cm³/mol. The minimum atomic E-state index is -0.0910. The topological polar surface area (TPSA) is 56.8 Å². The van der Waals surface area contributed by atoms with E-state index in [0.717, 1.165) is 47.6 Å². The number of amides is 1. The molecule has 2 aromatic rings. The van der Waals surface area contributed by atoms with Crippen molar-refractivity contribution >= 4 is 5.91 Å². The first-order chi connectivity index (χ1) is 14.7. The summed E-state index contributed by atoms with van der Waals surface area (Å²) in [6, 6.07) is 13.9. The van der Waals surface area contributed by atoms with Crippen LogP contribution in [0.3, 0.4) is 0 Å². The summed E-state index contributed by atoms with van der Waals surface area (Å²) in [7, 11) is 0. The second-order valence-corrected chi connectivity index (χ2v) is 8.22. The van der Waals surface area contributed by atoms with E-state index in [-0.39, 0.29) is 11.9 Å². The molecule has 1 fully saturated rings. The molecule has 0 bridgehead atoms. The molecule has 0 aromatic heterocycles. The molecule has 5 heteroatoms. The molecule has 1 heterocycles. The van der Waals surface area contributed by atoms with Crippen molar-refractivity contribution in [2.75, 3.05) is 13.2 Å². The standard InChI is InChI=1S/C25H31NO4/c1-18(20-11-12-23-24(17-20)29-15-5-14-28-23)26-25(27)13-10-19-6-4-9-22(16-19)30-21-7-2-3-8-21/h4,6,9,11-12,16-18,21H,2-3,5,7-8,10,13-15H2,1H3,(H,26,27). The highest BCUT2D eigenvalue weighted by atomic mass is 16.5. The van der Waals surface area contributed by atoms with Gasteiger partial charge in [-0.1, -0.05) is 18.2 Å². The predicted octanol–water partition coefficient (Wildman–Crippen LogP) is 4.98. The van der Waals surface area contributed by atoms with Gasteiger partial charge in [0.2, 0.25) is 5.91 Å². The summed E-state index contributed by atoms with van der Waals surface area (Å²) in [5.74, 6) is 2.48. The van der Waals surface area contributed by atoms with Crippen molar-refractivity contribution in [2.24, 2.45) is 0 Å². The van der Waals surface area contributed by atoms with Crippen molar-refractivity contribution in [1.82, 2.24) is 5.32 Å². The first-order valence-electron chi connectivity index (χ1n) is 11.1. The Bertz CT molecular complexity index is 860. The highest BCUT2D eigenvalue weighted by Gasteiger charge is 2.17. The number of hydrogen-bond donors (Lipinski definition) is 1. The highest BCUT2D eigenvalue weighted by molar-refractivity contribution is 5.76. The molecule has 2 aromatic carbocycles. The third-order valence-electron chi connectivity index (χ3n) is 5.79. The Morgan fingerprint density at radius 2 is 1.87 bits per heavy atom. The second-order valence-electron chi connectivity index (χ2n) is 8.22. The minimum absolute atomic E-state index is 0.0386. The Balaban J connectivity index is 1.29. The second kappa shape index (κ2) is 9.88. The number of carbonyl (C=O) groups excluding carboxylic acids is 1. The van der Waals surface area contributed by atoms with E-state index in [4.69, 9.17) is 14.2 Å². The third kappa shape index (κ3) is 5.47. The summed E-state index contributed by atoms with van der Waals surface area (Å²) >= 11 is 0. The smallest absolute Gasteiger partial charge is 0.220 e. The molecule has 1 aliphatic heterocycles. The normalized spacial score (nSPS) is 17.2. The maximum Gasteiger partial charge on any atom is 0.220 e. The van der Waals surface area contributed by atoms with E-state index in [9.17, 15) is 4.79 Å². The molecule has 0 radical (unpaired) electrons. The zero-order valence-electron chi connectivity index (χ0n) is 17.7. The first kappa shape index (κ1) is 20.6. The van der Waals surface area contributed by atoms with Gasteiger partial charge in [0.05, 0.1) is 25.4 Å². The van der Waals surface area contributed by atoms with E-state index in [1.807, 2.05) is 37.3 Å². The summed E-state index contributed by atoms with van der Waals surface area (Å²) in [5, 5.41) is 3.10. The monoisotopic (exact) mass is 409 g/mol. The van der Waals surface area contributed by atoms with Crippen molar-refractivity contribution in [3.63, 3.8) is 0 Å². The molecule has 1 unspecified atom stereocenters. The number of aryl methyl sites for hydroxylation is 1. The van der Waals surface area contributed by atoms with Crippen molar-refractivity contribution in [3.8, 4) is 17.2 Å². The van der Waals surface area contributed by atoms with Gasteiger partial charge in [-0.2, -0.15) is 0 Å². The number of rotatable bonds is 7. The lowest BCUT2D eigenvalue weighted by atomic mass is 10.1. The molecule has 4 rings (SSSR count). The number of ether oxygens (including phenoxy) is 3. The van der Waals surface area contributed by atoms with Crippen LogP contribution in [0.1, 0.15) is 62.6 Å². The van der Waals surface area contributed by atoms with Crippen LogP contribution in [0.5, 0.6) is 17.2 Å². The lowest BCUT2D eigenvalue weighted by molar-refractivity contribution is -0.121. The number of benzene rings is 2. The molecule has 1 atom stereocenters. The third-order valence-corrected chi connectivity index (χ3v) is 5.79. The van der Waals surface area contributed by atoms with Crippen LogP contribution in [0.4, 0.5) is 0 Å². The average molecular weight is 410 g/mol. The van der Waals surface area contributed by atoms with Crippen LogP contribution in [0, 0.1) is 0 Å². The summed E-state index contributed by atoms with van der Waals surface area (Å²) < 4.78 is 17.5. The van der Waals surface area contributed by atoms with Gasteiger partial charge in [0.15, 0.2) is 11.5 Å². The first-order valence-corrected chi connectivity index (χ1v) is 11.1.